The van der Waals surface area contributed by atoms with Crippen LogP contribution in [0.4, 0.5) is 4.39 Å². The second-order valence-electron chi connectivity index (χ2n) is 6.72. The van der Waals surface area contributed by atoms with Gasteiger partial charge in [-0.05, 0) is 48.0 Å². The lowest BCUT2D eigenvalue weighted by Gasteiger charge is -2.06. The quantitative estimate of drug-likeness (QED) is 0.403. The van der Waals surface area contributed by atoms with Gasteiger partial charge in [-0.3, -0.25) is 0 Å². The van der Waals surface area contributed by atoms with Crippen LogP contribution in [-0.2, 0) is 6.54 Å². The Labute approximate surface area is 168 Å². The van der Waals surface area contributed by atoms with Gasteiger partial charge in [0.1, 0.15) is 11.6 Å². The van der Waals surface area contributed by atoms with Gasteiger partial charge in [0.15, 0.2) is 0 Å². The molecule has 4 aromatic rings. The molecule has 4 heteroatoms. The van der Waals surface area contributed by atoms with E-state index in [0.717, 1.165) is 27.8 Å². The summed E-state index contributed by atoms with van der Waals surface area (Å²) in [5.74, 6) is 0.519. The summed E-state index contributed by atoms with van der Waals surface area (Å²) in [6.07, 6.45) is 3.85. The largest absolute Gasteiger partial charge is 0.497 e. The van der Waals surface area contributed by atoms with Crippen LogP contribution >= 0.6 is 0 Å². The number of hydrogen-bond donors (Lipinski definition) is 0. The minimum Gasteiger partial charge on any atom is -0.497 e. The van der Waals surface area contributed by atoms with Gasteiger partial charge in [-0.2, -0.15) is 5.26 Å². The molecule has 1 aromatic heterocycles. The molecular formula is C25H19FN2O. The van der Waals surface area contributed by atoms with Crippen molar-refractivity contribution in [2.45, 2.75) is 6.54 Å². The number of fused-ring (bicyclic) bond motifs is 1. The molecule has 1 heterocycles. The lowest BCUT2D eigenvalue weighted by atomic mass is 10.0. The maximum atomic E-state index is 14.2. The van der Waals surface area contributed by atoms with Crippen molar-refractivity contribution < 1.29 is 9.13 Å². The molecule has 0 saturated carbocycles. The summed E-state index contributed by atoms with van der Waals surface area (Å²) in [6, 6.07) is 24.4. The predicted octanol–water partition coefficient (Wildman–Crippen LogP) is 5.90. The smallest absolute Gasteiger partial charge is 0.128 e. The van der Waals surface area contributed by atoms with E-state index in [-0.39, 0.29) is 5.82 Å². The molecule has 3 nitrogen and oxygen atoms in total. The van der Waals surface area contributed by atoms with Crippen LogP contribution in [0.25, 0.3) is 22.6 Å². The summed E-state index contributed by atoms with van der Waals surface area (Å²) in [6.45, 7) is 0.422. The van der Waals surface area contributed by atoms with Gasteiger partial charge in [0.05, 0.1) is 25.3 Å². The van der Waals surface area contributed by atoms with Crippen molar-refractivity contribution in [3.05, 3.63) is 102 Å². The molecule has 0 spiro atoms. The summed E-state index contributed by atoms with van der Waals surface area (Å²) in [5.41, 5.74) is 3.92. The molecule has 0 radical (unpaired) electrons. The van der Waals surface area contributed by atoms with Crippen molar-refractivity contribution in [1.29, 1.82) is 5.26 Å². The Morgan fingerprint density at radius 1 is 1.03 bits per heavy atom. The molecule has 0 bridgehead atoms. The van der Waals surface area contributed by atoms with Gasteiger partial charge >= 0.3 is 0 Å². The number of benzene rings is 3. The highest BCUT2D eigenvalue weighted by atomic mass is 19.1. The van der Waals surface area contributed by atoms with E-state index in [0.29, 0.717) is 17.7 Å². The van der Waals surface area contributed by atoms with Gasteiger partial charge in [-0.25, -0.2) is 4.39 Å². The summed E-state index contributed by atoms with van der Waals surface area (Å²) in [4.78, 5) is 0. The van der Waals surface area contributed by atoms with Gasteiger partial charge in [0.25, 0.3) is 0 Å². The molecule has 0 aliphatic rings. The molecule has 4 rings (SSSR count). The summed E-state index contributed by atoms with van der Waals surface area (Å²) in [7, 11) is 1.61. The third-order valence-electron chi connectivity index (χ3n) is 4.94. The normalized spacial score (nSPS) is 11.4. The molecule has 0 saturated heterocycles. The fraction of sp³-hybridized carbons (Fsp3) is 0.0800. The van der Waals surface area contributed by atoms with E-state index in [1.165, 1.54) is 6.07 Å². The van der Waals surface area contributed by atoms with Crippen LogP contribution < -0.4 is 4.74 Å². The molecule has 0 aliphatic carbocycles. The number of allylic oxidation sites excluding steroid dienone is 1. The number of ether oxygens (including phenoxy) is 1. The third kappa shape index (κ3) is 3.76. The Bertz CT molecular complexity index is 1230. The zero-order valence-electron chi connectivity index (χ0n) is 16.0. The average Bonchev–Trinajstić information content (AvgIpc) is 3.11. The van der Waals surface area contributed by atoms with E-state index >= 15 is 0 Å². The fourth-order valence-electron chi connectivity index (χ4n) is 3.44. The van der Waals surface area contributed by atoms with Crippen molar-refractivity contribution in [3.8, 4) is 11.8 Å². The van der Waals surface area contributed by atoms with Crippen LogP contribution in [0.5, 0.6) is 5.75 Å². The van der Waals surface area contributed by atoms with Crippen molar-refractivity contribution in [2.24, 2.45) is 0 Å². The van der Waals surface area contributed by atoms with Gasteiger partial charge in [0, 0.05) is 28.2 Å². The minimum absolute atomic E-state index is 0.224. The second-order valence-corrected chi connectivity index (χ2v) is 6.72. The standard InChI is InChI=1S/C25H19FN2O/c1-29-22-12-10-18(11-13-22)20(15-27)14-21-17-28(25-9-5-3-7-23(21)25)16-19-6-2-4-8-24(19)26/h2-14,17H,16H2,1H3/b20-14+. The van der Waals surface area contributed by atoms with Crippen LogP contribution in [0.3, 0.4) is 0 Å². The lowest BCUT2D eigenvalue weighted by Crippen LogP contribution is -2.00. The molecule has 0 atom stereocenters. The van der Waals surface area contributed by atoms with Crippen LogP contribution in [0, 0.1) is 17.1 Å². The molecule has 0 unspecified atom stereocenters. The number of rotatable bonds is 5. The van der Waals surface area contributed by atoms with Gasteiger partial charge < -0.3 is 9.30 Å². The average molecular weight is 382 g/mol. The number of nitriles is 1. The maximum absolute atomic E-state index is 14.2. The number of hydrogen-bond acceptors (Lipinski definition) is 2. The van der Waals surface area contributed by atoms with Gasteiger partial charge in [0.2, 0.25) is 0 Å². The first-order chi connectivity index (χ1) is 14.2. The summed E-state index contributed by atoms with van der Waals surface area (Å²) in [5, 5.41) is 10.7. The highest BCUT2D eigenvalue weighted by Gasteiger charge is 2.11. The van der Waals surface area contributed by atoms with E-state index in [2.05, 4.69) is 6.07 Å². The number of halogens is 1. The van der Waals surface area contributed by atoms with Gasteiger partial charge in [-0.1, -0.05) is 36.4 Å². The van der Waals surface area contributed by atoms with Crippen LogP contribution in [0.15, 0.2) is 79.0 Å². The number of para-hydroxylation sites is 1. The molecular weight excluding hydrogens is 363 g/mol. The number of nitrogens with zero attached hydrogens (tertiary/aromatic N) is 2. The Morgan fingerprint density at radius 2 is 1.76 bits per heavy atom. The van der Waals surface area contributed by atoms with Gasteiger partial charge in [-0.15, -0.1) is 0 Å². The molecule has 0 aliphatic heterocycles. The molecule has 142 valence electrons. The monoisotopic (exact) mass is 382 g/mol. The van der Waals surface area contributed by atoms with Crippen molar-refractivity contribution in [2.75, 3.05) is 7.11 Å². The van der Waals surface area contributed by atoms with E-state index in [1.54, 1.807) is 19.2 Å². The van der Waals surface area contributed by atoms with E-state index < -0.39 is 0 Å². The first-order valence-corrected chi connectivity index (χ1v) is 9.27. The third-order valence-corrected chi connectivity index (χ3v) is 4.94. The van der Waals surface area contributed by atoms with Crippen molar-refractivity contribution in [1.82, 2.24) is 4.57 Å². The zero-order valence-corrected chi connectivity index (χ0v) is 16.0. The SMILES string of the molecule is COc1ccc(/C(C#N)=C/c2cn(Cc3ccccc3F)c3ccccc23)cc1. The Hall–Kier alpha value is -3.84. The Morgan fingerprint density at radius 3 is 2.48 bits per heavy atom. The topological polar surface area (TPSA) is 37.9 Å². The predicted molar refractivity (Wildman–Crippen MR) is 114 cm³/mol. The van der Waals surface area contributed by atoms with Crippen LogP contribution in [-0.4, -0.2) is 11.7 Å². The van der Waals surface area contributed by atoms with E-state index in [4.69, 9.17) is 4.74 Å². The van der Waals surface area contributed by atoms with E-state index in [9.17, 15) is 9.65 Å². The highest BCUT2D eigenvalue weighted by molar-refractivity contribution is 5.98. The first-order valence-electron chi connectivity index (χ1n) is 9.27. The first kappa shape index (κ1) is 18.5. The number of methoxy groups -OCH3 is 1. The molecule has 3 aromatic carbocycles. The molecule has 0 amide bonds. The van der Waals surface area contributed by atoms with Crippen molar-refractivity contribution >= 4 is 22.6 Å². The van der Waals surface area contributed by atoms with E-state index in [1.807, 2.05) is 71.4 Å². The van der Waals surface area contributed by atoms with Crippen LogP contribution in [0.2, 0.25) is 0 Å². The molecule has 0 fully saturated rings. The van der Waals surface area contributed by atoms with Crippen LogP contribution in [0.1, 0.15) is 16.7 Å². The van der Waals surface area contributed by atoms with Crippen molar-refractivity contribution in [3.63, 3.8) is 0 Å². The highest BCUT2D eigenvalue weighted by Crippen LogP contribution is 2.27. The minimum atomic E-state index is -0.224. The molecule has 29 heavy (non-hydrogen) atoms. The molecule has 0 N–H and O–H groups in total. The second kappa shape index (κ2) is 8.04. The summed E-state index contributed by atoms with van der Waals surface area (Å²) < 4.78 is 21.4. The lowest BCUT2D eigenvalue weighted by molar-refractivity contribution is 0.415. The Balaban J connectivity index is 1.78. The number of aromatic nitrogens is 1. The summed E-state index contributed by atoms with van der Waals surface area (Å²) >= 11 is 0. The Kier molecular flexibility index (Phi) is 5.13. The zero-order chi connectivity index (χ0) is 20.2. The fourth-order valence-corrected chi connectivity index (χ4v) is 3.44. The maximum Gasteiger partial charge on any atom is 0.128 e.